The molecule has 2 rings (SSSR count). The maximum absolute atomic E-state index is 9.78. The molecule has 3 N–H and O–H groups in total. The van der Waals surface area contributed by atoms with Gasteiger partial charge < -0.3 is 15.7 Å². The van der Waals surface area contributed by atoms with Gasteiger partial charge in [0.1, 0.15) is 17.7 Å². The van der Waals surface area contributed by atoms with E-state index >= 15 is 0 Å². The number of hydrogen-bond acceptors (Lipinski definition) is 5. The number of anilines is 1. The third-order valence-electron chi connectivity index (χ3n) is 2.16. The predicted molar refractivity (Wildman–Crippen MR) is 56.0 cm³/mol. The molecule has 0 saturated carbocycles. The topological polar surface area (TPSA) is 70.1 Å². The van der Waals surface area contributed by atoms with Crippen molar-refractivity contribution < 1.29 is 5.11 Å². The lowest BCUT2D eigenvalue weighted by Crippen LogP contribution is -2.63. The average Bonchev–Trinajstić information content (AvgIpc) is 2.14. The fraction of sp³-hybridized carbons (Fsp3) is 0.500. The van der Waals surface area contributed by atoms with E-state index in [0.717, 1.165) is 4.47 Å². The fourth-order valence-corrected chi connectivity index (χ4v) is 1.59. The average molecular weight is 259 g/mol. The van der Waals surface area contributed by atoms with E-state index in [4.69, 9.17) is 0 Å². The molecule has 6 heteroatoms. The van der Waals surface area contributed by atoms with Crippen LogP contribution < -0.4 is 10.6 Å². The first-order valence-electron chi connectivity index (χ1n) is 4.32. The van der Waals surface area contributed by atoms with Gasteiger partial charge in [-0.25, -0.2) is 9.97 Å². The first-order chi connectivity index (χ1) is 6.70. The molecule has 2 heterocycles. The van der Waals surface area contributed by atoms with Gasteiger partial charge in [-0.2, -0.15) is 0 Å². The van der Waals surface area contributed by atoms with E-state index < -0.39 is 5.60 Å². The number of rotatable bonds is 3. The smallest absolute Gasteiger partial charge is 0.143 e. The molecule has 0 unspecified atom stereocenters. The molecule has 1 saturated heterocycles. The lowest BCUT2D eigenvalue weighted by atomic mass is 9.97. The van der Waals surface area contributed by atoms with Crippen LogP contribution >= 0.6 is 15.9 Å². The molecule has 1 aromatic rings. The van der Waals surface area contributed by atoms with Crippen LogP contribution in [0.25, 0.3) is 0 Å². The Morgan fingerprint density at radius 1 is 1.64 bits per heavy atom. The molecule has 1 aliphatic rings. The summed E-state index contributed by atoms with van der Waals surface area (Å²) in [7, 11) is 0. The summed E-state index contributed by atoms with van der Waals surface area (Å²) in [6.45, 7) is 1.75. The summed E-state index contributed by atoms with van der Waals surface area (Å²) in [4.78, 5) is 7.89. The molecule has 1 fully saturated rings. The van der Waals surface area contributed by atoms with Crippen molar-refractivity contribution in [2.75, 3.05) is 25.0 Å². The molecule has 1 aliphatic heterocycles. The molecule has 5 nitrogen and oxygen atoms in total. The van der Waals surface area contributed by atoms with Crippen LogP contribution in [0.2, 0.25) is 0 Å². The highest BCUT2D eigenvalue weighted by molar-refractivity contribution is 9.10. The Morgan fingerprint density at radius 3 is 3.00 bits per heavy atom. The Balaban J connectivity index is 1.95. The monoisotopic (exact) mass is 258 g/mol. The van der Waals surface area contributed by atoms with Gasteiger partial charge in [-0.05, 0) is 15.9 Å². The number of β-amino-alcohol motifs (C(OH)–C–C–N with tert-alkyl or cyclic N) is 1. The van der Waals surface area contributed by atoms with Crippen LogP contribution in [-0.4, -0.2) is 40.3 Å². The zero-order valence-corrected chi connectivity index (χ0v) is 9.08. The van der Waals surface area contributed by atoms with Gasteiger partial charge >= 0.3 is 0 Å². The van der Waals surface area contributed by atoms with Crippen molar-refractivity contribution in [1.29, 1.82) is 0 Å². The number of aliphatic hydroxyl groups is 1. The van der Waals surface area contributed by atoms with E-state index in [-0.39, 0.29) is 0 Å². The van der Waals surface area contributed by atoms with E-state index in [1.54, 1.807) is 6.20 Å². The van der Waals surface area contributed by atoms with Crippen LogP contribution in [0.15, 0.2) is 17.0 Å². The van der Waals surface area contributed by atoms with Gasteiger partial charge in [0, 0.05) is 25.8 Å². The van der Waals surface area contributed by atoms with Gasteiger partial charge in [-0.1, -0.05) is 0 Å². The summed E-state index contributed by atoms with van der Waals surface area (Å²) in [5.74, 6) is 0.709. The largest absolute Gasteiger partial charge is 0.385 e. The van der Waals surface area contributed by atoms with Crippen LogP contribution in [0.4, 0.5) is 5.82 Å². The van der Waals surface area contributed by atoms with Crippen LogP contribution in [0.3, 0.4) is 0 Å². The maximum atomic E-state index is 9.78. The van der Waals surface area contributed by atoms with Crippen LogP contribution in [0.1, 0.15) is 0 Å². The third-order valence-corrected chi connectivity index (χ3v) is 2.74. The quantitative estimate of drug-likeness (QED) is 0.712. The van der Waals surface area contributed by atoms with Gasteiger partial charge in [0.05, 0.1) is 4.47 Å². The standard InChI is InChI=1S/C8H11BrN4O/c9-6-1-10-5-13-7(6)12-4-8(14)2-11-3-8/h1,5,11,14H,2-4H2,(H,10,12,13). The Morgan fingerprint density at radius 2 is 2.43 bits per heavy atom. The van der Waals surface area contributed by atoms with Gasteiger partial charge in [-0.3, -0.25) is 0 Å². The molecular formula is C8H11BrN4O. The molecule has 1 aromatic heterocycles. The van der Waals surface area contributed by atoms with E-state index in [1.807, 2.05) is 0 Å². The highest BCUT2D eigenvalue weighted by Crippen LogP contribution is 2.18. The summed E-state index contributed by atoms with van der Waals surface area (Å²) in [6, 6.07) is 0. The second-order valence-corrected chi connectivity index (χ2v) is 4.26. The number of hydrogen-bond donors (Lipinski definition) is 3. The Bertz CT molecular complexity index is 329. The predicted octanol–water partition coefficient (Wildman–Crippen LogP) is -0.0147. The summed E-state index contributed by atoms with van der Waals surface area (Å²) in [5, 5.41) is 15.9. The zero-order chi connectivity index (χ0) is 10.0. The molecule has 0 radical (unpaired) electrons. The SMILES string of the molecule is OC1(CNc2ncncc2Br)CNC1. The van der Waals surface area contributed by atoms with Crippen LogP contribution in [0, 0.1) is 0 Å². The second kappa shape index (κ2) is 3.80. The molecule has 0 atom stereocenters. The Hall–Kier alpha value is -0.720. The van der Waals surface area contributed by atoms with Crippen LogP contribution in [-0.2, 0) is 0 Å². The Kier molecular flexibility index (Phi) is 2.66. The first-order valence-corrected chi connectivity index (χ1v) is 5.11. The van der Waals surface area contributed by atoms with Crippen molar-refractivity contribution in [3.63, 3.8) is 0 Å². The third kappa shape index (κ3) is 2.02. The van der Waals surface area contributed by atoms with E-state index in [9.17, 15) is 5.11 Å². The summed E-state index contributed by atoms with van der Waals surface area (Å²) < 4.78 is 0.802. The summed E-state index contributed by atoms with van der Waals surface area (Å²) in [6.07, 6.45) is 3.13. The minimum absolute atomic E-state index is 0.496. The number of nitrogens with zero attached hydrogens (tertiary/aromatic N) is 2. The van der Waals surface area contributed by atoms with Crippen molar-refractivity contribution in [1.82, 2.24) is 15.3 Å². The lowest BCUT2D eigenvalue weighted by Gasteiger charge is -2.37. The maximum Gasteiger partial charge on any atom is 0.143 e. The molecule has 0 aromatic carbocycles. The van der Waals surface area contributed by atoms with Gasteiger partial charge in [0.2, 0.25) is 0 Å². The second-order valence-electron chi connectivity index (χ2n) is 3.40. The highest BCUT2D eigenvalue weighted by Gasteiger charge is 2.33. The molecule has 0 bridgehead atoms. The highest BCUT2D eigenvalue weighted by atomic mass is 79.9. The van der Waals surface area contributed by atoms with Crippen molar-refractivity contribution in [3.8, 4) is 0 Å². The van der Waals surface area contributed by atoms with Crippen molar-refractivity contribution in [2.45, 2.75) is 5.60 Å². The first kappa shape index (κ1) is 9.82. The summed E-state index contributed by atoms with van der Waals surface area (Å²) >= 11 is 3.32. The van der Waals surface area contributed by atoms with Gasteiger partial charge in [0.25, 0.3) is 0 Å². The zero-order valence-electron chi connectivity index (χ0n) is 7.50. The number of halogens is 1. The molecule has 0 spiro atoms. The lowest BCUT2D eigenvalue weighted by molar-refractivity contribution is 0.00305. The van der Waals surface area contributed by atoms with E-state index in [2.05, 4.69) is 36.5 Å². The molecule has 76 valence electrons. The van der Waals surface area contributed by atoms with Gasteiger partial charge in [-0.15, -0.1) is 0 Å². The molecule has 0 amide bonds. The van der Waals surface area contributed by atoms with Crippen molar-refractivity contribution >= 4 is 21.7 Å². The van der Waals surface area contributed by atoms with Crippen LogP contribution in [0.5, 0.6) is 0 Å². The van der Waals surface area contributed by atoms with Gasteiger partial charge in [0.15, 0.2) is 0 Å². The Labute approximate surface area is 90.1 Å². The molecule has 14 heavy (non-hydrogen) atoms. The van der Waals surface area contributed by atoms with Crippen molar-refractivity contribution in [3.05, 3.63) is 17.0 Å². The molecule has 0 aliphatic carbocycles. The minimum atomic E-state index is -0.635. The number of aromatic nitrogens is 2. The minimum Gasteiger partial charge on any atom is -0.385 e. The van der Waals surface area contributed by atoms with E-state index in [0.29, 0.717) is 25.5 Å². The summed E-state index contributed by atoms with van der Waals surface area (Å²) in [5.41, 5.74) is -0.635. The normalized spacial score (nSPS) is 18.7. The number of nitrogens with one attached hydrogen (secondary N) is 2. The van der Waals surface area contributed by atoms with Crippen molar-refractivity contribution in [2.24, 2.45) is 0 Å². The van der Waals surface area contributed by atoms with E-state index in [1.165, 1.54) is 6.33 Å². The fourth-order valence-electron chi connectivity index (χ4n) is 1.23. The molecular weight excluding hydrogens is 248 g/mol.